The standard InChI is InChI=1S/C22H18N.HI/c1-23-16-21-11-6-5-10-19(21)15-22(23)20-13-7-12-18(14-20)17-8-3-2-4-9-17;/h2-16H,1H3;1H/q+1;/p-1. The highest BCUT2D eigenvalue weighted by Crippen LogP contribution is 2.26. The molecule has 0 aliphatic rings. The molecular formula is C22H18IN. The van der Waals surface area contributed by atoms with Crippen molar-refractivity contribution in [2.24, 2.45) is 7.05 Å². The van der Waals surface area contributed by atoms with Crippen LogP contribution in [-0.2, 0) is 7.05 Å². The monoisotopic (exact) mass is 423 g/mol. The molecular weight excluding hydrogens is 405 g/mol. The van der Waals surface area contributed by atoms with Gasteiger partial charge in [0, 0.05) is 17.0 Å². The molecule has 0 bridgehead atoms. The summed E-state index contributed by atoms with van der Waals surface area (Å²) < 4.78 is 2.20. The Bertz CT molecular complexity index is 977. The number of aryl methyl sites for hydroxylation is 1. The topological polar surface area (TPSA) is 3.88 Å². The van der Waals surface area contributed by atoms with E-state index in [0.717, 1.165) is 0 Å². The number of aromatic nitrogens is 1. The molecule has 0 radical (unpaired) electrons. The van der Waals surface area contributed by atoms with Crippen molar-refractivity contribution in [1.29, 1.82) is 0 Å². The molecule has 24 heavy (non-hydrogen) atoms. The molecule has 0 atom stereocenters. The van der Waals surface area contributed by atoms with Gasteiger partial charge in [-0.25, -0.2) is 4.57 Å². The van der Waals surface area contributed by atoms with Crippen LogP contribution in [0.2, 0.25) is 0 Å². The predicted molar refractivity (Wildman–Crippen MR) is 96.0 cm³/mol. The molecule has 118 valence electrons. The van der Waals surface area contributed by atoms with Crippen molar-refractivity contribution in [3.8, 4) is 22.4 Å². The summed E-state index contributed by atoms with van der Waals surface area (Å²) in [6.45, 7) is 0. The second-order valence-corrected chi connectivity index (χ2v) is 5.85. The molecule has 0 amide bonds. The lowest BCUT2D eigenvalue weighted by molar-refractivity contribution is -0.659. The van der Waals surface area contributed by atoms with E-state index in [-0.39, 0.29) is 24.0 Å². The molecule has 0 saturated carbocycles. The Morgan fingerprint density at radius 3 is 2.00 bits per heavy atom. The van der Waals surface area contributed by atoms with Crippen molar-refractivity contribution in [3.05, 3.63) is 91.1 Å². The number of nitrogens with zero attached hydrogens (tertiary/aromatic N) is 1. The molecule has 3 aromatic carbocycles. The summed E-state index contributed by atoms with van der Waals surface area (Å²) in [5, 5.41) is 2.53. The largest absolute Gasteiger partial charge is 1.00 e. The van der Waals surface area contributed by atoms with E-state index in [1.807, 2.05) is 0 Å². The first-order valence-corrected chi connectivity index (χ1v) is 7.85. The quantitative estimate of drug-likeness (QED) is 0.343. The van der Waals surface area contributed by atoms with Crippen molar-refractivity contribution in [3.63, 3.8) is 0 Å². The van der Waals surface area contributed by atoms with Crippen LogP contribution in [-0.4, -0.2) is 0 Å². The Morgan fingerprint density at radius 1 is 0.583 bits per heavy atom. The number of halogens is 1. The lowest BCUT2D eigenvalue weighted by atomic mass is 10.0. The van der Waals surface area contributed by atoms with E-state index < -0.39 is 0 Å². The first kappa shape index (κ1) is 16.7. The molecule has 0 unspecified atom stereocenters. The first-order chi connectivity index (χ1) is 11.3. The van der Waals surface area contributed by atoms with Crippen molar-refractivity contribution in [1.82, 2.24) is 0 Å². The third kappa shape index (κ3) is 3.20. The average molecular weight is 423 g/mol. The van der Waals surface area contributed by atoms with Gasteiger partial charge < -0.3 is 24.0 Å². The zero-order chi connectivity index (χ0) is 15.6. The predicted octanol–water partition coefficient (Wildman–Crippen LogP) is 2.00. The number of pyridine rings is 1. The van der Waals surface area contributed by atoms with Gasteiger partial charge >= 0.3 is 0 Å². The van der Waals surface area contributed by atoms with E-state index >= 15 is 0 Å². The molecule has 1 nitrogen and oxygen atoms in total. The fraction of sp³-hybridized carbons (Fsp3) is 0.0455. The number of rotatable bonds is 2. The fourth-order valence-electron chi connectivity index (χ4n) is 3.06. The summed E-state index contributed by atoms with van der Waals surface area (Å²) in [6, 6.07) is 30.0. The number of hydrogen-bond donors (Lipinski definition) is 0. The summed E-state index contributed by atoms with van der Waals surface area (Å²) in [5.74, 6) is 0. The van der Waals surface area contributed by atoms with E-state index in [0.29, 0.717) is 0 Å². The van der Waals surface area contributed by atoms with Crippen LogP contribution >= 0.6 is 0 Å². The Morgan fingerprint density at radius 2 is 1.21 bits per heavy atom. The van der Waals surface area contributed by atoms with E-state index in [4.69, 9.17) is 0 Å². The van der Waals surface area contributed by atoms with E-state index in [1.165, 1.54) is 33.2 Å². The Hall–Kier alpha value is -2.20. The zero-order valence-electron chi connectivity index (χ0n) is 13.5. The van der Waals surface area contributed by atoms with Crippen LogP contribution in [0.4, 0.5) is 0 Å². The van der Waals surface area contributed by atoms with Crippen LogP contribution in [0.5, 0.6) is 0 Å². The molecule has 1 heterocycles. The van der Waals surface area contributed by atoms with E-state index in [2.05, 4.69) is 103 Å². The lowest BCUT2D eigenvalue weighted by Crippen LogP contribution is -3.00. The van der Waals surface area contributed by atoms with Gasteiger partial charge in [-0.3, -0.25) is 0 Å². The summed E-state index contributed by atoms with van der Waals surface area (Å²) in [4.78, 5) is 0. The minimum atomic E-state index is 0. The molecule has 1 aromatic heterocycles. The van der Waals surface area contributed by atoms with Gasteiger partial charge in [-0.1, -0.05) is 60.7 Å². The highest BCUT2D eigenvalue weighted by atomic mass is 127. The van der Waals surface area contributed by atoms with E-state index in [1.54, 1.807) is 0 Å². The summed E-state index contributed by atoms with van der Waals surface area (Å²) in [5.41, 5.74) is 4.95. The van der Waals surface area contributed by atoms with Crippen molar-refractivity contribution in [2.75, 3.05) is 0 Å². The van der Waals surface area contributed by atoms with Crippen LogP contribution < -0.4 is 28.5 Å². The summed E-state index contributed by atoms with van der Waals surface area (Å²) in [6.07, 6.45) is 2.19. The smallest absolute Gasteiger partial charge is 0.212 e. The molecule has 0 aliphatic heterocycles. The van der Waals surface area contributed by atoms with Crippen LogP contribution in [0.3, 0.4) is 0 Å². The highest BCUT2D eigenvalue weighted by molar-refractivity contribution is 5.84. The molecule has 2 heteroatoms. The van der Waals surface area contributed by atoms with Crippen molar-refractivity contribution in [2.45, 2.75) is 0 Å². The molecule has 0 saturated heterocycles. The SMILES string of the molecule is C[n+]1cc2ccccc2cc1-c1cccc(-c2ccccc2)c1.[I-]. The van der Waals surface area contributed by atoms with Crippen LogP contribution in [0.1, 0.15) is 0 Å². The van der Waals surface area contributed by atoms with Crippen molar-refractivity contribution < 1.29 is 28.5 Å². The fourth-order valence-corrected chi connectivity index (χ4v) is 3.06. The number of benzene rings is 3. The summed E-state index contributed by atoms with van der Waals surface area (Å²) in [7, 11) is 2.11. The molecule has 0 fully saturated rings. The Labute approximate surface area is 159 Å². The van der Waals surface area contributed by atoms with Gasteiger partial charge in [-0.2, -0.15) is 0 Å². The summed E-state index contributed by atoms with van der Waals surface area (Å²) >= 11 is 0. The maximum atomic E-state index is 2.26. The lowest BCUT2D eigenvalue weighted by Gasteiger charge is -2.06. The normalized spacial score (nSPS) is 10.4. The number of hydrogen-bond acceptors (Lipinski definition) is 0. The molecule has 4 rings (SSSR count). The van der Waals surface area contributed by atoms with E-state index in [9.17, 15) is 0 Å². The maximum Gasteiger partial charge on any atom is 0.212 e. The maximum absolute atomic E-state index is 2.26. The van der Waals surface area contributed by atoms with Gasteiger partial charge in [0.1, 0.15) is 7.05 Å². The highest BCUT2D eigenvalue weighted by Gasteiger charge is 2.12. The third-order valence-electron chi connectivity index (χ3n) is 4.27. The van der Waals surface area contributed by atoms with Crippen LogP contribution in [0, 0.1) is 0 Å². The minimum Gasteiger partial charge on any atom is -1.00 e. The zero-order valence-corrected chi connectivity index (χ0v) is 15.6. The molecule has 0 aliphatic carbocycles. The van der Waals surface area contributed by atoms with Gasteiger partial charge in [0.15, 0.2) is 6.20 Å². The van der Waals surface area contributed by atoms with Crippen LogP contribution in [0.15, 0.2) is 91.1 Å². The second-order valence-electron chi connectivity index (χ2n) is 5.85. The van der Waals surface area contributed by atoms with Gasteiger partial charge in [-0.15, -0.1) is 0 Å². The Balaban J connectivity index is 0.00000169. The first-order valence-electron chi connectivity index (χ1n) is 7.85. The molecule has 4 aromatic rings. The van der Waals surface area contributed by atoms with Gasteiger partial charge in [0.05, 0.1) is 0 Å². The van der Waals surface area contributed by atoms with Crippen LogP contribution in [0.25, 0.3) is 33.2 Å². The minimum absolute atomic E-state index is 0. The third-order valence-corrected chi connectivity index (χ3v) is 4.27. The second kappa shape index (κ2) is 7.14. The number of fused-ring (bicyclic) bond motifs is 1. The molecule has 0 N–H and O–H groups in total. The molecule has 0 spiro atoms. The van der Waals surface area contributed by atoms with Crippen molar-refractivity contribution >= 4 is 10.8 Å². The van der Waals surface area contributed by atoms with Gasteiger partial charge in [0.25, 0.3) is 0 Å². The Kier molecular flexibility index (Phi) is 4.95. The van der Waals surface area contributed by atoms with Gasteiger partial charge in [0.2, 0.25) is 5.69 Å². The van der Waals surface area contributed by atoms with Gasteiger partial charge in [-0.05, 0) is 34.7 Å². The average Bonchev–Trinajstić information content (AvgIpc) is 2.62.